The molecule has 6 heteroatoms. The summed E-state index contributed by atoms with van der Waals surface area (Å²) in [5.74, 6) is 0.298. The number of ether oxygens (including phenoxy) is 1. The normalized spacial score (nSPS) is 23.2. The van der Waals surface area contributed by atoms with Crippen molar-refractivity contribution in [2.24, 2.45) is 0 Å². The lowest BCUT2D eigenvalue weighted by molar-refractivity contribution is -0.149. The molecule has 2 saturated heterocycles. The molecule has 0 spiro atoms. The molecular weight excluding hydrogens is 486 g/mol. The number of nitrogens with one attached hydrogen (secondary N) is 1. The van der Waals surface area contributed by atoms with Crippen LogP contribution in [-0.4, -0.2) is 59.9 Å². The zero-order valence-electron chi connectivity index (χ0n) is 23.4. The minimum atomic E-state index is -0.0514. The average Bonchev–Trinajstić information content (AvgIpc) is 3.23. The summed E-state index contributed by atoms with van der Waals surface area (Å²) < 4.78 is 6.29. The van der Waals surface area contributed by atoms with E-state index in [0.717, 1.165) is 49.8 Å². The van der Waals surface area contributed by atoms with Crippen molar-refractivity contribution in [3.05, 3.63) is 76.5 Å². The number of nitrogens with zero attached hydrogens (tertiary/aromatic N) is 2. The number of rotatable bonds is 8. The van der Waals surface area contributed by atoms with Gasteiger partial charge in [-0.15, -0.1) is 0 Å². The van der Waals surface area contributed by atoms with Crippen molar-refractivity contribution in [1.82, 2.24) is 15.1 Å². The number of fused-ring (bicyclic) bond motifs is 1. The number of amides is 2. The fourth-order valence-corrected chi connectivity index (χ4v) is 6.22. The molecule has 0 aromatic heterocycles. The molecule has 1 aliphatic carbocycles. The number of likely N-dealkylation sites (tertiary alicyclic amines) is 1. The standard InChI is InChI=1S/C33H43N3O3/c1-25-10-8-11-27(22-25)24-36-29-12-4-5-13-30(29)39-31(33(36)38)23-26-14-16-28(17-15-26)32(37)34-18-9-21-35-19-6-2-3-7-20-35/h8,10-11,14-17,22-23,29-30H,2-7,9,12-13,18-21,24H2,1H3,(H,34,37)/b31-23+. The van der Waals surface area contributed by atoms with E-state index in [1.54, 1.807) is 0 Å². The Labute approximate surface area is 233 Å². The molecular formula is C33H43N3O3. The largest absolute Gasteiger partial charge is 0.482 e. The lowest BCUT2D eigenvalue weighted by Gasteiger charge is -2.44. The number of carbonyl (C=O) groups is 2. The highest BCUT2D eigenvalue weighted by molar-refractivity contribution is 5.97. The monoisotopic (exact) mass is 529 g/mol. The summed E-state index contributed by atoms with van der Waals surface area (Å²) in [6.07, 6.45) is 12.3. The van der Waals surface area contributed by atoms with Gasteiger partial charge in [0.1, 0.15) is 6.10 Å². The molecule has 1 saturated carbocycles. The van der Waals surface area contributed by atoms with E-state index in [0.29, 0.717) is 24.4 Å². The van der Waals surface area contributed by atoms with Crippen LogP contribution < -0.4 is 5.32 Å². The summed E-state index contributed by atoms with van der Waals surface area (Å²) >= 11 is 0. The Hall–Kier alpha value is -3.12. The zero-order valence-corrected chi connectivity index (χ0v) is 23.4. The molecule has 0 bridgehead atoms. The van der Waals surface area contributed by atoms with Crippen LogP contribution in [0.2, 0.25) is 0 Å². The first kappa shape index (κ1) is 27.4. The van der Waals surface area contributed by atoms with Gasteiger partial charge >= 0.3 is 0 Å². The third-order valence-electron chi connectivity index (χ3n) is 8.36. The molecule has 2 aromatic rings. The second-order valence-corrected chi connectivity index (χ2v) is 11.4. The number of morpholine rings is 1. The Morgan fingerprint density at radius 3 is 2.54 bits per heavy atom. The van der Waals surface area contributed by atoms with Crippen LogP contribution in [-0.2, 0) is 16.1 Å². The van der Waals surface area contributed by atoms with Crippen molar-refractivity contribution in [1.29, 1.82) is 0 Å². The van der Waals surface area contributed by atoms with Gasteiger partial charge in [-0.2, -0.15) is 0 Å². The molecule has 2 heterocycles. The van der Waals surface area contributed by atoms with Crippen LogP contribution in [0.15, 0.2) is 54.3 Å². The van der Waals surface area contributed by atoms with Crippen molar-refractivity contribution in [3.63, 3.8) is 0 Å². The van der Waals surface area contributed by atoms with Gasteiger partial charge in [0, 0.05) is 18.7 Å². The number of benzene rings is 2. The van der Waals surface area contributed by atoms with Crippen LogP contribution in [0.25, 0.3) is 6.08 Å². The summed E-state index contributed by atoms with van der Waals surface area (Å²) in [4.78, 5) is 30.8. The predicted molar refractivity (Wildman–Crippen MR) is 155 cm³/mol. The summed E-state index contributed by atoms with van der Waals surface area (Å²) in [6, 6.07) is 16.0. The molecule has 3 aliphatic rings. The van der Waals surface area contributed by atoms with E-state index >= 15 is 0 Å². The maximum absolute atomic E-state index is 13.6. The highest BCUT2D eigenvalue weighted by Gasteiger charge is 2.41. The topological polar surface area (TPSA) is 61.9 Å². The molecule has 2 aliphatic heterocycles. The van der Waals surface area contributed by atoms with E-state index in [1.807, 2.05) is 35.2 Å². The molecule has 5 rings (SSSR count). The molecule has 208 valence electrons. The maximum atomic E-state index is 13.6. The van der Waals surface area contributed by atoms with E-state index in [-0.39, 0.29) is 24.0 Å². The summed E-state index contributed by atoms with van der Waals surface area (Å²) in [5, 5.41) is 3.06. The summed E-state index contributed by atoms with van der Waals surface area (Å²) in [5.41, 5.74) is 3.85. The molecule has 39 heavy (non-hydrogen) atoms. The van der Waals surface area contributed by atoms with Crippen molar-refractivity contribution in [2.75, 3.05) is 26.2 Å². The average molecular weight is 530 g/mol. The third-order valence-corrected chi connectivity index (χ3v) is 8.36. The van der Waals surface area contributed by atoms with Crippen LogP contribution in [0.1, 0.15) is 84.8 Å². The van der Waals surface area contributed by atoms with Crippen molar-refractivity contribution >= 4 is 17.9 Å². The predicted octanol–water partition coefficient (Wildman–Crippen LogP) is 5.70. The first-order chi connectivity index (χ1) is 19.1. The second-order valence-electron chi connectivity index (χ2n) is 11.4. The van der Waals surface area contributed by atoms with Gasteiger partial charge < -0.3 is 19.9 Å². The molecule has 2 aromatic carbocycles. The Morgan fingerprint density at radius 1 is 1.00 bits per heavy atom. The SMILES string of the molecule is Cc1cccc(CN2C(=O)/C(=C\c3ccc(C(=O)NCCCN4CCCCCC4)cc3)OC3CCCCC32)c1. The lowest BCUT2D eigenvalue weighted by atomic mass is 9.89. The van der Waals surface area contributed by atoms with E-state index < -0.39 is 0 Å². The van der Waals surface area contributed by atoms with Gasteiger partial charge in [-0.05, 0) is 94.4 Å². The van der Waals surface area contributed by atoms with Crippen LogP contribution in [0.4, 0.5) is 0 Å². The molecule has 0 radical (unpaired) electrons. The van der Waals surface area contributed by atoms with E-state index in [9.17, 15) is 9.59 Å². The van der Waals surface area contributed by atoms with Gasteiger partial charge in [0.25, 0.3) is 11.8 Å². The fourth-order valence-electron chi connectivity index (χ4n) is 6.22. The molecule has 2 unspecified atom stereocenters. The van der Waals surface area contributed by atoms with Crippen molar-refractivity contribution in [3.8, 4) is 0 Å². The first-order valence-corrected chi connectivity index (χ1v) is 14.9. The van der Waals surface area contributed by atoms with E-state index in [1.165, 1.54) is 44.3 Å². The Kier molecular flexibility index (Phi) is 9.36. The van der Waals surface area contributed by atoms with Gasteiger partial charge in [-0.1, -0.05) is 61.2 Å². The summed E-state index contributed by atoms with van der Waals surface area (Å²) in [7, 11) is 0. The zero-order chi connectivity index (χ0) is 27.0. The Balaban J connectivity index is 1.20. The smallest absolute Gasteiger partial charge is 0.289 e. The van der Waals surface area contributed by atoms with Gasteiger partial charge in [-0.25, -0.2) is 0 Å². The van der Waals surface area contributed by atoms with E-state index in [4.69, 9.17) is 4.74 Å². The van der Waals surface area contributed by atoms with Crippen LogP contribution >= 0.6 is 0 Å². The van der Waals surface area contributed by atoms with Gasteiger partial charge in [0.05, 0.1) is 6.04 Å². The maximum Gasteiger partial charge on any atom is 0.289 e. The molecule has 3 fully saturated rings. The summed E-state index contributed by atoms with van der Waals surface area (Å²) in [6.45, 7) is 6.77. The van der Waals surface area contributed by atoms with Crippen LogP contribution in [0.5, 0.6) is 0 Å². The number of hydrogen-bond acceptors (Lipinski definition) is 4. The fraction of sp³-hybridized carbons (Fsp3) is 0.515. The van der Waals surface area contributed by atoms with Gasteiger partial charge in [-0.3, -0.25) is 9.59 Å². The second kappa shape index (κ2) is 13.3. The van der Waals surface area contributed by atoms with E-state index in [2.05, 4.69) is 41.4 Å². The Bertz CT molecular complexity index is 1150. The van der Waals surface area contributed by atoms with Crippen molar-refractivity contribution in [2.45, 2.75) is 83.4 Å². The van der Waals surface area contributed by atoms with Gasteiger partial charge in [0.2, 0.25) is 0 Å². The van der Waals surface area contributed by atoms with Crippen LogP contribution in [0, 0.1) is 6.92 Å². The molecule has 2 atom stereocenters. The third kappa shape index (κ3) is 7.30. The quantitative estimate of drug-likeness (QED) is 0.352. The molecule has 2 amide bonds. The number of carbonyl (C=O) groups excluding carboxylic acids is 2. The highest BCUT2D eigenvalue weighted by atomic mass is 16.5. The number of hydrogen-bond donors (Lipinski definition) is 1. The minimum absolute atomic E-state index is 0.0341. The molecule has 6 nitrogen and oxygen atoms in total. The van der Waals surface area contributed by atoms with Crippen LogP contribution in [0.3, 0.4) is 0 Å². The highest BCUT2D eigenvalue weighted by Crippen LogP contribution is 2.34. The first-order valence-electron chi connectivity index (χ1n) is 14.9. The number of aryl methyl sites for hydroxylation is 1. The Morgan fingerprint density at radius 2 is 1.77 bits per heavy atom. The van der Waals surface area contributed by atoms with Crippen molar-refractivity contribution < 1.29 is 14.3 Å². The minimum Gasteiger partial charge on any atom is -0.482 e. The molecule has 1 N–H and O–H groups in total. The van der Waals surface area contributed by atoms with Gasteiger partial charge in [0.15, 0.2) is 5.76 Å². The lowest BCUT2D eigenvalue weighted by Crippen LogP contribution is -2.54.